The number of hydrogen-bond donors (Lipinski definition) is 1. The van der Waals surface area contributed by atoms with Gasteiger partial charge in [-0.05, 0) is 42.0 Å². The highest BCUT2D eigenvalue weighted by molar-refractivity contribution is 6.30. The Morgan fingerprint density at radius 2 is 1.82 bits per heavy atom. The Hall–Kier alpha value is -4.31. The molecule has 0 fully saturated rings. The van der Waals surface area contributed by atoms with Gasteiger partial charge in [-0.2, -0.15) is 5.10 Å². The van der Waals surface area contributed by atoms with Crippen molar-refractivity contribution in [1.29, 1.82) is 0 Å². The Morgan fingerprint density at radius 3 is 2.47 bits per heavy atom. The molecule has 0 spiro atoms. The zero-order valence-corrected chi connectivity index (χ0v) is 19.2. The van der Waals surface area contributed by atoms with Crippen LogP contribution in [0.5, 0.6) is 17.2 Å². The Balaban J connectivity index is 1.57. The van der Waals surface area contributed by atoms with Gasteiger partial charge in [-0.15, -0.1) is 0 Å². The molecule has 174 valence electrons. The van der Waals surface area contributed by atoms with Crippen molar-refractivity contribution in [3.63, 3.8) is 0 Å². The Labute approximate surface area is 198 Å². The fourth-order valence-corrected chi connectivity index (χ4v) is 3.50. The molecule has 0 aliphatic carbocycles. The van der Waals surface area contributed by atoms with Crippen LogP contribution in [0.4, 0.5) is 0 Å². The third-order valence-corrected chi connectivity index (χ3v) is 5.12. The third-order valence-electron chi connectivity index (χ3n) is 4.89. The van der Waals surface area contributed by atoms with Crippen molar-refractivity contribution in [2.75, 3.05) is 26.8 Å². The lowest BCUT2D eigenvalue weighted by Crippen LogP contribution is -2.32. The predicted octanol–water partition coefficient (Wildman–Crippen LogP) is 3.04. The molecule has 0 saturated carbocycles. The summed E-state index contributed by atoms with van der Waals surface area (Å²) in [6, 6.07) is 10.4. The van der Waals surface area contributed by atoms with Gasteiger partial charge in [-0.3, -0.25) is 15.0 Å². The number of aromatic nitrogens is 4. The smallest absolute Gasteiger partial charge is 0.283 e. The van der Waals surface area contributed by atoms with Crippen LogP contribution in [0.2, 0.25) is 5.02 Å². The van der Waals surface area contributed by atoms with E-state index in [1.807, 2.05) is 0 Å². The lowest BCUT2D eigenvalue weighted by molar-refractivity contribution is -0.112. The van der Waals surface area contributed by atoms with E-state index in [0.29, 0.717) is 39.2 Å². The van der Waals surface area contributed by atoms with Gasteiger partial charge in [0, 0.05) is 11.1 Å². The molecule has 0 unspecified atom stereocenters. The van der Waals surface area contributed by atoms with Crippen LogP contribution in [-0.2, 0) is 4.79 Å². The number of rotatable bonds is 7. The SMILES string of the molecule is COc1cc(/C=C/C(=O)Nn2cnc3c(cnn3-c3cccc(Cl)c3)c2=O)cc(OC)c1OC. The molecule has 10 nitrogen and oxygen atoms in total. The van der Waals surface area contributed by atoms with Crippen molar-refractivity contribution in [2.45, 2.75) is 0 Å². The Morgan fingerprint density at radius 1 is 1.09 bits per heavy atom. The van der Waals surface area contributed by atoms with Crippen LogP contribution < -0.4 is 25.2 Å². The van der Waals surface area contributed by atoms with E-state index >= 15 is 0 Å². The quantitative estimate of drug-likeness (QED) is 0.404. The fourth-order valence-electron chi connectivity index (χ4n) is 3.31. The normalized spacial score (nSPS) is 11.1. The summed E-state index contributed by atoms with van der Waals surface area (Å²) in [7, 11) is 4.51. The first-order chi connectivity index (χ1) is 16.4. The molecular weight excluding hydrogens is 462 g/mol. The summed E-state index contributed by atoms with van der Waals surface area (Å²) in [5.74, 6) is 0.795. The topological polar surface area (TPSA) is 110 Å². The van der Waals surface area contributed by atoms with Gasteiger partial charge in [0.1, 0.15) is 11.7 Å². The largest absolute Gasteiger partial charge is 0.493 e. The standard InChI is InChI=1S/C23H20ClN5O5/c1-32-18-9-14(10-19(33-2)21(18)34-3)7-8-20(30)27-28-13-25-22-17(23(28)31)12-26-29(22)16-6-4-5-15(24)11-16/h4-13H,1-3H3,(H,27,30)/b8-7+. The summed E-state index contributed by atoms with van der Waals surface area (Å²) >= 11 is 6.05. The van der Waals surface area contributed by atoms with Gasteiger partial charge in [0.15, 0.2) is 17.1 Å². The van der Waals surface area contributed by atoms with E-state index in [1.54, 1.807) is 42.5 Å². The molecule has 2 aromatic heterocycles. The molecule has 0 bridgehead atoms. The summed E-state index contributed by atoms with van der Waals surface area (Å²) in [5, 5.41) is 4.99. The second kappa shape index (κ2) is 9.67. The first kappa shape index (κ1) is 22.9. The number of nitrogens with one attached hydrogen (secondary N) is 1. The summed E-state index contributed by atoms with van der Waals surface area (Å²) in [6.45, 7) is 0. The maximum atomic E-state index is 12.8. The van der Waals surface area contributed by atoms with Gasteiger partial charge in [0.05, 0.1) is 33.2 Å². The van der Waals surface area contributed by atoms with E-state index in [-0.39, 0.29) is 5.39 Å². The highest BCUT2D eigenvalue weighted by Crippen LogP contribution is 2.38. The molecule has 0 aliphatic heterocycles. The first-order valence-corrected chi connectivity index (χ1v) is 10.3. The highest BCUT2D eigenvalue weighted by atomic mass is 35.5. The fraction of sp³-hybridized carbons (Fsp3) is 0.130. The minimum atomic E-state index is -0.542. The summed E-state index contributed by atoms with van der Waals surface area (Å²) < 4.78 is 18.4. The zero-order chi connectivity index (χ0) is 24.2. The third kappa shape index (κ3) is 4.44. The van der Waals surface area contributed by atoms with Crippen molar-refractivity contribution >= 4 is 34.6 Å². The van der Waals surface area contributed by atoms with E-state index in [0.717, 1.165) is 4.68 Å². The predicted molar refractivity (Wildman–Crippen MR) is 128 cm³/mol. The van der Waals surface area contributed by atoms with Crippen molar-refractivity contribution in [3.05, 3.63) is 75.9 Å². The molecular formula is C23H20ClN5O5. The molecule has 4 aromatic rings. The van der Waals surface area contributed by atoms with Gasteiger partial charge < -0.3 is 14.2 Å². The molecule has 0 saturated heterocycles. The number of halogens is 1. The maximum Gasteiger partial charge on any atom is 0.283 e. The van der Waals surface area contributed by atoms with Gasteiger partial charge in [-0.1, -0.05) is 17.7 Å². The molecule has 2 aromatic carbocycles. The summed E-state index contributed by atoms with van der Waals surface area (Å²) in [5.41, 5.74) is 3.63. The van der Waals surface area contributed by atoms with Gasteiger partial charge in [-0.25, -0.2) is 14.3 Å². The van der Waals surface area contributed by atoms with Crippen LogP contribution >= 0.6 is 11.6 Å². The first-order valence-electron chi connectivity index (χ1n) is 9.95. The van der Waals surface area contributed by atoms with Crippen molar-refractivity contribution < 1.29 is 19.0 Å². The lowest BCUT2D eigenvalue weighted by Gasteiger charge is -2.12. The number of fused-ring (bicyclic) bond motifs is 1. The van der Waals surface area contributed by atoms with Gasteiger partial charge >= 0.3 is 0 Å². The molecule has 34 heavy (non-hydrogen) atoms. The lowest BCUT2D eigenvalue weighted by atomic mass is 10.1. The number of hydrogen-bond acceptors (Lipinski definition) is 7. The number of carbonyl (C=O) groups excluding carboxylic acids is 1. The monoisotopic (exact) mass is 481 g/mol. The average molecular weight is 482 g/mol. The number of nitrogens with zero attached hydrogens (tertiary/aromatic N) is 4. The number of amides is 1. The summed E-state index contributed by atoms with van der Waals surface area (Å²) in [4.78, 5) is 29.6. The number of methoxy groups -OCH3 is 3. The second-order valence-corrected chi connectivity index (χ2v) is 7.40. The van der Waals surface area contributed by atoms with E-state index in [1.165, 1.54) is 44.6 Å². The summed E-state index contributed by atoms with van der Waals surface area (Å²) in [6.07, 6.45) is 5.43. The van der Waals surface area contributed by atoms with Crippen LogP contribution in [0.1, 0.15) is 5.56 Å². The Kier molecular flexibility index (Phi) is 6.51. The van der Waals surface area contributed by atoms with Gasteiger partial charge in [0.25, 0.3) is 11.5 Å². The van der Waals surface area contributed by atoms with E-state index < -0.39 is 11.5 Å². The van der Waals surface area contributed by atoms with E-state index in [9.17, 15) is 9.59 Å². The van der Waals surface area contributed by atoms with E-state index in [2.05, 4.69) is 15.5 Å². The molecule has 4 rings (SSSR count). The van der Waals surface area contributed by atoms with Crippen LogP contribution in [0.25, 0.3) is 22.8 Å². The maximum absolute atomic E-state index is 12.8. The number of ether oxygens (including phenoxy) is 3. The van der Waals surface area contributed by atoms with Crippen molar-refractivity contribution in [3.8, 4) is 22.9 Å². The molecule has 0 atom stereocenters. The highest BCUT2D eigenvalue weighted by Gasteiger charge is 2.14. The van der Waals surface area contributed by atoms with Crippen LogP contribution in [0, 0.1) is 0 Å². The van der Waals surface area contributed by atoms with Crippen molar-refractivity contribution in [1.82, 2.24) is 19.4 Å². The van der Waals surface area contributed by atoms with Crippen molar-refractivity contribution in [2.24, 2.45) is 0 Å². The zero-order valence-electron chi connectivity index (χ0n) is 18.5. The second-order valence-electron chi connectivity index (χ2n) is 6.96. The molecule has 0 radical (unpaired) electrons. The van der Waals surface area contributed by atoms with E-state index in [4.69, 9.17) is 25.8 Å². The molecule has 1 amide bonds. The minimum absolute atomic E-state index is 0.233. The molecule has 0 aliphatic rings. The molecule has 11 heteroatoms. The average Bonchev–Trinajstić information content (AvgIpc) is 3.28. The van der Waals surface area contributed by atoms with Crippen LogP contribution in [0.3, 0.4) is 0 Å². The minimum Gasteiger partial charge on any atom is -0.493 e. The van der Waals surface area contributed by atoms with Crippen LogP contribution in [0.15, 0.2) is 59.8 Å². The molecule has 1 N–H and O–H groups in total. The van der Waals surface area contributed by atoms with Crippen LogP contribution in [-0.4, -0.2) is 46.7 Å². The number of benzene rings is 2. The molecule has 2 heterocycles. The van der Waals surface area contributed by atoms with Gasteiger partial charge in [0.2, 0.25) is 5.75 Å². The number of carbonyl (C=O) groups is 1. The Bertz CT molecular complexity index is 1430.